The van der Waals surface area contributed by atoms with Gasteiger partial charge in [0.25, 0.3) is 5.91 Å². The molecular formula is C19H19ClN4O2S. The van der Waals surface area contributed by atoms with Crippen molar-refractivity contribution in [1.29, 1.82) is 0 Å². The number of amides is 1. The van der Waals surface area contributed by atoms with Crippen LogP contribution in [0.3, 0.4) is 0 Å². The second-order valence-corrected chi connectivity index (χ2v) is 8.29. The Hall–Kier alpha value is -2.25. The van der Waals surface area contributed by atoms with Crippen molar-refractivity contribution in [3.8, 4) is 11.3 Å². The lowest BCUT2D eigenvalue weighted by Crippen LogP contribution is -2.38. The molecule has 8 heteroatoms. The van der Waals surface area contributed by atoms with Gasteiger partial charge in [-0.1, -0.05) is 35.0 Å². The lowest BCUT2D eigenvalue weighted by atomic mass is 9.96. The summed E-state index contributed by atoms with van der Waals surface area (Å²) in [5.41, 5.74) is 1.71. The number of hydrogen-bond acceptors (Lipinski definition) is 6. The SMILES string of the molecule is Cc1nnc(C2CCN(C(=O)c3c(-c4ccccc4Cl)noc3C)CC2)s1. The molecule has 0 unspecified atom stereocenters. The van der Waals surface area contributed by atoms with E-state index >= 15 is 0 Å². The molecule has 0 N–H and O–H groups in total. The highest BCUT2D eigenvalue weighted by Crippen LogP contribution is 2.34. The molecule has 3 heterocycles. The number of likely N-dealkylation sites (tertiary alicyclic amines) is 1. The molecule has 0 saturated carbocycles. The first kappa shape index (κ1) is 18.1. The first-order valence-corrected chi connectivity index (χ1v) is 10.0. The monoisotopic (exact) mass is 402 g/mol. The molecule has 0 atom stereocenters. The van der Waals surface area contributed by atoms with Crippen molar-refractivity contribution in [1.82, 2.24) is 20.3 Å². The van der Waals surface area contributed by atoms with E-state index in [9.17, 15) is 4.79 Å². The van der Waals surface area contributed by atoms with Crippen molar-refractivity contribution in [2.45, 2.75) is 32.6 Å². The molecule has 0 bridgehead atoms. The van der Waals surface area contributed by atoms with E-state index in [1.54, 1.807) is 24.3 Å². The molecule has 27 heavy (non-hydrogen) atoms. The minimum Gasteiger partial charge on any atom is -0.360 e. The number of benzene rings is 1. The van der Waals surface area contributed by atoms with Crippen LogP contribution in [-0.2, 0) is 0 Å². The number of piperidine rings is 1. The molecule has 1 aliphatic heterocycles. The van der Waals surface area contributed by atoms with Gasteiger partial charge >= 0.3 is 0 Å². The Morgan fingerprint density at radius 2 is 1.96 bits per heavy atom. The molecule has 1 saturated heterocycles. The fourth-order valence-electron chi connectivity index (χ4n) is 3.43. The first-order chi connectivity index (χ1) is 13.0. The zero-order chi connectivity index (χ0) is 19.0. The fourth-order valence-corrected chi connectivity index (χ4v) is 4.52. The van der Waals surface area contributed by atoms with Gasteiger partial charge in [-0.2, -0.15) is 0 Å². The Morgan fingerprint density at radius 3 is 2.63 bits per heavy atom. The van der Waals surface area contributed by atoms with E-state index in [-0.39, 0.29) is 5.91 Å². The lowest BCUT2D eigenvalue weighted by Gasteiger charge is -2.31. The normalized spacial score (nSPS) is 15.3. The van der Waals surface area contributed by atoms with Crippen LogP contribution in [0.2, 0.25) is 5.02 Å². The molecule has 1 amide bonds. The van der Waals surface area contributed by atoms with E-state index < -0.39 is 0 Å². The van der Waals surface area contributed by atoms with Crippen LogP contribution in [0.1, 0.15) is 44.9 Å². The van der Waals surface area contributed by atoms with Crippen LogP contribution in [0, 0.1) is 13.8 Å². The number of carbonyl (C=O) groups excluding carboxylic acids is 1. The van der Waals surface area contributed by atoms with E-state index in [1.165, 1.54) is 0 Å². The van der Waals surface area contributed by atoms with Crippen LogP contribution in [0.25, 0.3) is 11.3 Å². The van der Waals surface area contributed by atoms with E-state index in [0.717, 1.165) is 22.9 Å². The molecule has 6 nitrogen and oxygen atoms in total. The standard InChI is InChI=1S/C19H19ClN4O2S/c1-11-16(17(23-26-11)14-5-3-4-6-15(14)20)19(25)24-9-7-13(8-10-24)18-22-21-12(2)27-18/h3-6,13H,7-10H2,1-2H3. The largest absolute Gasteiger partial charge is 0.360 e. The molecule has 1 aromatic carbocycles. The molecule has 4 rings (SSSR count). The number of carbonyl (C=O) groups is 1. The van der Waals surface area contributed by atoms with Gasteiger partial charge in [0, 0.05) is 24.6 Å². The summed E-state index contributed by atoms with van der Waals surface area (Å²) < 4.78 is 5.34. The van der Waals surface area contributed by atoms with Crippen LogP contribution < -0.4 is 0 Å². The van der Waals surface area contributed by atoms with Crippen molar-refractivity contribution in [3.05, 3.63) is 50.6 Å². The second-order valence-electron chi connectivity index (χ2n) is 6.67. The van der Waals surface area contributed by atoms with E-state index in [1.807, 2.05) is 30.0 Å². The van der Waals surface area contributed by atoms with Gasteiger partial charge in [0.2, 0.25) is 0 Å². The van der Waals surface area contributed by atoms with Gasteiger partial charge in [0.15, 0.2) is 0 Å². The van der Waals surface area contributed by atoms with E-state index in [0.29, 0.717) is 46.6 Å². The smallest absolute Gasteiger partial charge is 0.259 e. The number of nitrogens with zero attached hydrogens (tertiary/aromatic N) is 4. The van der Waals surface area contributed by atoms with Gasteiger partial charge in [0.05, 0.1) is 5.02 Å². The summed E-state index contributed by atoms with van der Waals surface area (Å²) >= 11 is 7.94. The number of rotatable bonds is 3. The van der Waals surface area contributed by atoms with E-state index in [2.05, 4.69) is 15.4 Å². The van der Waals surface area contributed by atoms with Crippen LogP contribution in [0.15, 0.2) is 28.8 Å². The topological polar surface area (TPSA) is 72.1 Å². The highest BCUT2D eigenvalue weighted by molar-refractivity contribution is 7.11. The third-order valence-electron chi connectivity index (χ3n) is 4.88. The average Bonchev–Trinajstić information content (AvgIpc) is 3.27. The zero-order valence-electron chi connectivity index (χ0n) is 15.1. The van der Waals surface area contributed by atoms with Crippen molar-refractivity contribution in [2.75, 3.05) is 13.1 Å². The van der Waals surface area contributed by atoms with Gasteiger partial charge in [-0.3, -0.25) is 4.79 Å². The van der Waals surface area contributed by atoms with Crippen molar-refractivity contribution in [2.24, 2.45) is 0 Å². The maximum atomic E-state index is 13.2. The molecule has 0 spiro atoms. The average molecular weight is 403 g/mol. The molecule has 1 aliphatic rings. The highest BCUT2D eigenvalue weighted by Gasteiger charge is 2.31. The van der Waals surface area contributed by atoms with Gasteiger partial charge in [-0.25, -0.2) is 0 Å². The summed E-state index contributed by atoms with van der Waals surface area (Å²) in [6, 6.07) is 7.35. The third-order valence-corrected chi connectivity index (χ3v) is 6.21. The molecular weight excluding hydrogens is 384 g/mol. The summed E-state index contributed by atoms with van der Waals surface area (Å²) in [5.74, 6) is 0.819. The molecule has 1 fully saturated rings. The van der Waals surface area contributed by atoms with Gasteiger partial charge < -0.3 is 9.42 Å². The Bertz CT molecular complexity index is 976. The van der Waals surface area contributed by atoms with Crippen LogP contribution >= 0.6 is 22.9 Å². The third kappa shape index (κ3) is 3.49. The Labute approximate surface area is 166 Å². The van der Waals surface area contributed by atoms with Crippen molar-refractivity contribution in [3.63, 3.8) is 0 Å². The summed E-state index contributed by atoms with van der Waals surface area (Å²) in [5, 5.41) is 15.1. The number of aryl methyl sites for hydroxylation is 2. The van der Waals surface area contributed by atoms with Crippen molar-refractivity contribution >= 4 is 28.8 Å². The fraction of sp³-hybridized carbons (Fsp3) is 0.368. The summed E-state index contributed by atoms with van der Waals surface area (Å²) in [6.07, 6.45) is 1.76. The summed E-state index contributed by atoms with van der Waals surface area (Å²) in [4.78, 5) is 15.1. The number of aromatic nitrogens is 3. The molecule has 0 aliphatic carbocycles. The Morgan fingerprint density at radius 1 is 1.22 bits per heavy atom. The minimum atomic E-state index is -0.0597. The second kappa shape index (κ2) is 7.40. The summed E-state index contributed by atoms with van der Waals surface area (Å²) in [6.45, 7) is 5.07. The van der Waals surface area contributed by atoms with Gasteiger partial charge in [-0.15, -0.1) is 21.5 Å². The van der Waals surface area contributed by atoms with Crippen molar-refractivity contribution < 1.29 is 9.32 Å². The van der Waals surface area contributed by atoms with Crippen LogP contribution in [-0.4, -0.2) is 39.3 Å². The van der Waals surface area contributed by atoms with Gasteiger partial charge in [-0.05, 0) is 32.8 Å². The Balaban J connectivity index is 1.54. The minimum absolute atomic E-state index is 0.0597. The van der Waals surface area contributed by atoms with Crippen LogP contribution in [0.4, 0.5) is 0 Å². The predicted molar refractivity (Wildman–Crippen MR) is 104 cm³/mol. The summed E-state index contributed by atoms with van der Waals surface area (Å²) in [7, 11) is 0. The highest BCUT2D eigenvalue weighted by atomic mass is 35.5. The molecule has 0 radical (unpaired) electrons. The number of halogens is 1. The van der Waals surface area contributed by atoms with Crippen LogP contribution in [0.5, 0.6) is 0 Å². The quantitative estimate of drug-likeness (QED) is 0.645. The Kier molecular flexibility index (Phi) is 4.97. The van der Waals surface area contributed by atoms with E-state index in [4.69, 9.17) is 16.1 Å². The molecule has 2 aromatic heterocycles. The predicted octanol–water partition coefficient (Wildman–Crippen LogP) is 4.48. The molecule has 3 aromatic rings. The van der Waals surface area contributed by atoms with Gasteiger partial charge in [0.1, 0.15) is 27.0 Å². The number of hydrogen-bond donors (Lipinski definition) is 0. The first-order valence-electron chi connectivity index (χ1n) is 8.85. The maximum Gasteiger partial charge on any atom is 0.259 e. The lowest BCUT2D eigenvalue weighted by molar-refractivity contribution is 0.0711. The zero-order valence-corrected chi connectivity index (χ0v) is 16.7. The molecule has 140 valence electrons. The maximum absolute atomic E-state index is 13.2.